The Hall–Kier alpha value is -1.54. The van der Waals surface area contributed by atoms with Gasteiger partial charge in [0.25, 0.3) is 0 Å². The van der Waals surface area contributed by atoms with Crippen LogP contribution in [0.1, 0.15) is 32.0 Å². The fraction of sp³-hybridized carbons (Fsp3) is 0.857. The van der Waals surface area contributed by atoms with Gasteiger partial charge in [0.05, 0.1) is 13.1 Å². The summed E-state index contributed by atoms with van der Waals surface area (Å²) in [5, 5.41) is 15.0. The third-order valence-corrected chi connectivity index (χ3v) is 4.18. The van der Waals surface area contributed by atoms with E-state index in [1.54, 1.807) is 0 Å². The summed E-state index contributed by atoms with van der Waals surface area (Å²) < 4.78 is 1.88. The van der Waals surface area contributed by atoms with Crippen LogP contribution in [0.3, 0.4) is 0 Å². The quantitative estimate of drug-likeness (QED) is 0.730. The minimum absolute atomic E-state index is 0.169. The van der Waals surface area contributed by atoms with Crippen LogP contribution in [0.15, 0.2) is 0 Å². The van der Waals surface area contributed by atoms with Crippen molar-refractivity contribution < 1.29 is 4.79 Å². The van der Waals surface area contributed by atoms with E-state index >= 15 is 0 Å². The first-order chi connectivity index (χ1) is 10.7. The Balaban J connectivity index is 1.41. The molecule has 0 atom stereocenters. The standard InChI is InChI=1S/C14H25N7O/c1-2-5-21-13(16-17-18-21)10-19-6-8-20(9-7-19)11-14(22)15-12-3-4-12/h12H,2-11H2,1H3,(H,15,22). The molecule has 0 unspecified atom stereocenters. The summed E-state index contributed by atoms with van der Waals surface area (Å²) in [7, 11) is 0. The molecule has 1 amide bonds. The lowest BCUT2D eigenvalue weighted by molar-refractivity contribution is -0.122. The third-order valence-electron chi connectivity index (χ3n) is 4.18. The third kappa shape index (κ3) is 4.23. The number of aryl methyl sites for hydroxylation is 1. The van der Waals surface area contributed by atoms with Gasteiger partial charge < -0.3 is 5.32 Å². The number of piperazine rings is 1. The van der Waals surface area contributed by atoms with Crippen molar-refractivity contribution in [2.45, 2.75) is 45.3 Å². The number of nitrogens with one attached hydrogen (secondary N) is 1. The Morgan fingerprint density at radius 1 is 1.23 bits per heavy atom. The first-order valence-electron chi connectivity index (χ1n) is 8.23. The molecule has 0 spiro atoms. The molecule has 1 aliphatic carbocycles. The summed E-state index contributed by atoms with van der Waals surface area (Å²) in [6, 6.07) is 0.450. The Morgan fingerprint density at radius 3 is 2.64 bits per heavy atom. The summed E-state index contributed by atoms with van der Waals surface area (Å²) in [5.74, 6) is 1.10. The molecule has 1 aromatic heterocycles. The van der Waals surface area contributed by atoms with Gasteiger partial charge in [-0.3, -0.25) is 14.6 Å². The molecule has 122 valence electrons. The molecule has 0 radical (unpaired) electrons. The monoisotopic (exact) mass is 307 g/mol. The molecule has 0 aromatic carbocycles. The lowest BCUT2D eigenvalue weighted by Gasteiger charge is -2.33. The van der Waals surface area contributed by atoms with Crippen LogP contribution in [0.25, 0.3) is 0 Å². The highest BCUT2D eigenvalue weighted by molar-refractivity contribution is 5.78. The van der Waals surface area contributed by atoms with Crippen LogP contribution in [-0.4, -0.2) is 74.7 Å². The number of carbonyl (C=O) groups excluding carboxylic acids is 1. The normalized spacial score (nSPS) is 20.2. The number of amides is 1. The Kier molecular flexibility index (Phi) is 4.99. The van der Waals surface area contributed by atoms with Crippen molar-refractivity contribution in [1.82, 2.24) is 35.3 Å². The van der Waals surface area contributed by atoms with Crippen LogP contribution in [0.5, 0.6) is 0 Å². The zero-order valence-electron chi connectivity index (χ0n) is 13.2. The number of hydrogen-bond donors (Lipinski definition) is 1. The van der Waals surface area contributed by atoms with Crippen molar-refractivity contribution >= 4 is 5.91 Å². The van der Waals surface area contributed by atoms with Crippen LogP contribution in [-0.2, 0) is 17.9 Å². The van der Waals surface area contributed by atoms with E-state index < -0.39 is 0 Å². The lowest BCUT2D eigenvalue weighted by atomic mass is 10.3. The first-order valence-corrected chi connectivity index (χ1v) is 8.23. The van der Waals surface area contributed by atoms with Crippen LogP contribution in [0.4, 0.5) is 0 Å². The van der Waals surface area contributed by atoms with E-state index in [-0.39, 0.29) is 5.91 Å². The predicted octanol–water partition coefficient (Wildman–Crippen LogP) is -0.521. The molecule has 1 aliphatic heterocycles. The van der Waals surface area contributed by atoms with Crippen molar-refractivity contribution in [2.75, 3.05) is 32.7 Å². The molecular formula is C14H25N7O. The van der Waals surface area contributed by atoms with Gasteiger partial charge >= 0.3 is 0 Å². The van der Waals surface area contributed by atoms with Gasteiger partial charge in [0.15, 0.2) is 5.82 Å². The fourth-order valence-electron chi connectivity index (χ4n) is 2.73. The minimum Gasteiger partial charge on any atom is -0.352 e. The minimum atomic E-state index is 0.169. The number of nitrogens with zero attached hydrogens (tertiary/aromatic N) is 6. The molecule has 3 rings (SSSR count). The van der Waals surface area contributed by atoms with E-state index in [9.17, 15) is 4.79 Å². The largest absolute Gasteiger partial charge is 0.352 e. The molecule has 0 bridgehead atoms. The smallest absolute Gasteiger partial charge is 0.234 e. The maximum Gasteiger partial charge on any atom is 0.234 e. The van der Waals surface area contributed by atoms with Crippen LogP contribution >= 0.6 is 0 Å². The van der Waals surface area contributed by atoms with Gasteiger partial charge in [-0.25, -0.2) is 4.68 Å². The second kappa shape index (κ2) is 7.15. The molecule has 2 fully saturated rings. The summed E-state index contributed by atoms with van der Waals surface area (Å²) in [6.45, 7) is 8.06. The number of rotatable bonds is 7. The lowest BCUT2D eigenvalue weighted by Crippen LogP contribution is -2.49. The van der Waals surface area contributed by atoms with Crippen molar-refractivity contribution in [3.8, 4) is 0 Å². The van der Waals surface area contributed by atoms with E-state index in [4.69, 9.17) is 0 Å². The van der Waals surface area contributed by atoms with Crippen LogP contribution in [0, 0.1) is 0 Å². The zero-order valence-corrected chi connectivity index (χ0v) is 13.2. The van der Waals surface area contributed by atoms with E-state index in [1.165, 1.54) is 0 Å². The highest BCUT2D eigenvalue weighted by Crippen LogP contribution is 2.18. The van der Waals surface area contributed by atoms with Gasteiger partial charge in [0.1, 0.15) is 0 Å². The number of tetrazole rings is 1. The fourth-order valence-corrected chi connectivity index (χ4v) is 2.73. The SMILES string of the molecule is CCCn1nnnc1CN1CCN(CC(=O)NC2CC2)CC1. The Labute approximate surface area is 130 Å². The van der Waals surface area contributed by atoms with Crippen LogP contribution in [0.2, 0.25) is 0 Å². The van der Waals surface area contributed by atoms with Crippen molar-refractivity contribution in [3.05, 3.63) is 5.82 Å². The van der Waals surface area contributed by atoms with Gasteiger partial charge in [-0.05, 0) is 29.7 Å². The molecule has 8 nitrogen and oxygen atoms in total. The van der Waals surface area contributed by atoms with Crippen molar-refractivity contribution in [1.29, 1.82) is 0 Å². The molecule has 2 heterocycles. The first kappa shape index (κ1) is 15.4. The van der Waals surface area contributed by atoms with Gasteiger partial charge in [-0.15, -0.1) is 5.10 Å². The summed E-state index contributed by atoms with van der Waals surface area (Å²) in [5.41, 5.74) is 0. The van der Waals surface area contributed by atoms with Crippen molar-refractivity contribution in [3.63, 3.8) is 0 Å². The number of hydrogen-bond acceptors (Lipinski definition) is 6. The topological polar surface area (TPSA) is 79.2 Å². The van der Waals surface area contributed by atoms with Crippen molar-refractivity contribution in [2.24, 2.45) is 0 Å². The van der Waals surface area contributed by atoms with E-state index in [1.807, 2.05) is 4.68 Å². The van der Waals surface area contributed by atoms with Gasteiger partial charge in [-0.1, -0.05) is 6.92 Å². The van der Waals surface area contributed by atoms with E-state index in [2.05, 4.69) is 37.6 Å². The summed E-state index contributed by atoms with van der Waals surface area (Å²) >= 11 is 0. The van der Waals surface area contributed by atoms with E-state index in [0.717, 1.165) is 64.4 Å². The van der Waals surface area contributed by atoms with Gasteiger partial charge in [0, 0.05) is 38.8 Å². The molecule has 1 N–H and O–H groups in total. The van der Waals surface area contributed by atoms with Gasteiger partial charge in [-0.2, -0.15) is 0 Å². The number of aromatic nitrogens is 4. The highest BCUT2D eigenvalue weighted by Gasteiger charge is 2.25. The molecule has 8 heteroatoms. The molecule has 1 saturated carbocycles. The average Bonchev–Trinajstić information content (AvgIpc) is 3.21. The molecule has 1 aromatic rings. The Bertz CT molecular complexity index is 491. The maximum absolute atomic E-state index is 11.8. The van der Waals surface area contributed by atoms with Gasteiger partial charge in [0.2, 0.25) is 5.91 Å². The number of carbonyl (C=O) groups is 1. The highest BCUT2D eigenvalue weighted by atomic mass is 16.2. The zero-order chi connectivity index (χ0) is 15.4. The molecule has 2 aliphatic rings. The second-order valence-corrected chi connectivity index (χ2v) is 6.21. The average molecular weight is 307 g/mol. The molecular weight excluding hydrogens is 282 g/mol. The summed E-state index contributed by atoms with van der Waals surface area (Å²) in [6.07, 6.45) is 3.32. The summed E-state index contributed by atoms with van der Waals surface area (Å²) in [4.78, 5) is 16.4. The second-order valence-electron chi connectivity index (χ2n) is 6.21. The molecule has 22 heavy (non-hydrogen) atoms. The maximum atomic E-state index is 11.8. The predicted molar refractivity (Wildman–Crippen MR) is 81.0 cm³/mol. The Morgan fingerprint density at radius 2 is 1.95 bits per heavy atom. The molecule has 1 saturated heterocycles. The van der Waals surface area contributed by atoms with Crippen LogP contribution < -0.4 is 5.32 Å². The van der Waals surface area contributed by atoms with E-state index in [0.29, 0.717) is 12.6 Å².